The Kier molecular flexibility index (Phi) is 4.32. The zero-order valence-corrected chi connectivity index (χ0v) is 13.1. The normalized spacial score (nSPS) is 12.3. The van der Waals surface area contributed by atoms with Crippen LogP contribution in [-0.2, 0) is 6.54 Å². The second-order valence-electron chi connectivity index (χ2n) is 5.63. The van der Waals surface area contributed by atoms with E-state index >= 15 is 0 Å². The number of hydrogen-bond acceptors (Lipinski definition) is 5. The SMILES string of the molecule is CC(C)NC(=O)c1cncc(NCc2ccc3c(c2)OCO3)c1. The van der Waals surface area contributed by atoms with Gasteiger partial charge in [0.2, 0.25) is 6.79 Å². The lowest BCUT2D eigenvalue weighted by atomic mass is 10.2. The predicted octanol–water partition coefficient (Wildman–Crippen LogP) is 2.56. The van der Waals surface area contributed by atoms with Gasteiger partial charge in [-0.05, 0) is 37.6 Å². The van der Waals surface area contributed by atoms with Crippen molar-refractivity contribution in [3.63, 3.8) is 0 Å². The van der Waals surface area contributed by atoms with Gasteiger partial charge in [-0.15, -0.1) is 0 Å². The van der Waals surface area contributed by atoms with E-state index in [0.717, 1.165) is 22.7 Å². The van der Waals surface area contributed by atoms with E-state index in [2.05, 4.69) is 15.6 Å². The lowest BCUT2D eigenvalue weighted by molar-refractivity contribution is 0.0943. The van der Waals surface area contributed by atoms with Gasteiger partial charge in [0.05, 0.1) is 11.3 Å². The van der Waals surface area contributed by atoms with Gasteiger partial charge in [-0.3, -0.25) is 9.78 Å². The van der Waals surface area contributed by atoms with Gasteiger partial charge in [0.25, 0.3) is 5.91 Å². The molecule has 2 heterocycles. The Morgan fingerprint density at radius 1 is 1.22 bits per heavy atom. The molecule has 2 aromatic rings. The number of rotatable bonds is 5. The number of amides is 1. The summed E-state index contributed by atoms with van der Waals surface area (Å²) in [5.41, 5.74) is 2.39. The van der Waals surface area contributed by atoms with E-state index in [1.54, 1.807) is 18.5 Å². The molecule has 0 atom stereocenters. The fourth-order valence-electron chi connectivity index (χ4n) is 2.26. The third-order valence-corrected chi connectivity index (χ3v) is 3.35. The van der Waals surface area contributed by atoms with Gasteiger partial charge < -0.3 is 20.1 Å². The Labute approximate surface area is 134 Å². The molecule has 0 bridgehead atoms. The summed E-state index contributed by atoms with van der Waals surface area (Å²) < 4.78 is 10.7. The van der Waals surface area contributed by atoms with Crippen LogP contribution in [0, 0.1) is 0 Å². The number of nitrogens with zero attached hydrogens (tertiary/aromatic N) is 1. The topological polar surface area (TPSA) is 72.5 Å². The third-order valence-electron chi connectivity index (χ3n) is 3.35. The average molecular weight is 313 g/mol. The Morgan fingerprint density at radius 3 is 2.87 bits per heavy atom. The molecule has 6 heteroatoms. The van der Waals surface area contributed by atoms with Crippen molar-refractivity contribution >= 4 is 11.6 Å². The molecule has 3 rings (SSSR count). The quantitative estimate of drug-likeness (QED) is 0.887. The van der Waals surface area contributed by atoms with E-state index in [1.807, 2.05) is 32.0 Å². The minimum absolute atomic E-state index is 0.0905. The maximum atomic E-state index is 12.0. The molecule has 1 aromatic heterocycles. The van der Waals surface area contributed by atoms with E-state index < -0.39 is 0 Å². The molecule has 6 nitrogen and oxygen atoms in total. The van der Waals surface area contributed by atoms with Crippen LogP contribution in [0.3, 0.4) is 0 Å². The van der Waals surface area contributed by atoms with Crippen LogP contribution in [0.5, 0.6) is 11.5 Å². The molecule has 2 N–H and O–H groups in total. The highest BCUT2D eigenvalue weighted by molar-refractivity contribution is 5.94. The van der Waals surface area contributed by atoms with Crippen LogP contribution in [0.25, 0.3) is 0 Å². The van der Waals surface area contributed by atoms with Crippen LogP contribution in [0.4, 0.5) is 5.69 Å². The fourth-order valence-corrected chi connectivity index (χ4v) is 2.26. The highest BCUT2D eigenvalue weighted by atomic mass is 16.7. The zero-order valence-electron chi connectivity index (χ0n) is 13.1. The second-order valence-corrected chi connectivity index (χ2v) is 5.63. The Bertz CT molecular complexity index is 716. The first-order chi connectivity index (χ1) is 11.1. The number of carbonyl (C=O) groups excluding carboxylic acids is 1. The van der Waals surface area contributed by atoms with Gasteiger partial charge in [0, 0.05) is 25.0 Å². The molecule has 1 aliphatic heterocycles. The second kappa shape index (κ2) is 6.56. The summed E-state index contributed by atoms with van der Waals surface area (Å²) in [4.78, 5) is 16.1. The maximum Gasteiger partial charge on any atom is 0.253 e. The number of benzene rings is 1. The predicted molar refractivity (Wildman–Crippen MR) is 86.7 cm³/mol. The minimum atomic E-state index is -0.126. The van der Waals surface area contributed by atoms with Crippen molar-refractivity contribution in [3.8, 4) is 11.5 Å². The number of fused-ring (bicyclic) bond motifs is 1. The van der Waals surface area contributed by atoms with Gasteiger partial charge in [-0.25, -0.2) is 0 Å². The van der Waals surface area contributed by atoms with Crippen molar-refractivity contribution in [2.24, 2.45) is 0 Å². The molecule has 120 valence electrons. The van der Waals surface area contributed by atoms with Crippen LogP contribution in [0.2, 0.25) is 0 Å². The summed E-state index contributed by atoms with van der Waals surface area (Å²) in [6.07, 6.45) is 3.25. The molecule has 1 amide bonds. The number of nitrogens with one attached hydrogen (secondary N) is 2. The first kappa shape index (κ1) is 15.1. The lowest BCUT2D eigenvalue weighted by Crippen LogP contribution is -2.30. The smallest absolute Gasteiger partial charge is 0.253 e. The summed E-state index contributed by atoms with van der Waals surface area (Å²) in [5.74, 6) is 1.40. The van der Waals surface area contributed by atoms with Crippen molar-refractivity contribution in [3.05, 3.63) is 47.8 Å². The average Bonchev–Trinajstić information content (AvgIpc) is 3.00. The molecule has 0 spiro atoms. The number of hydrogen-bond donors (Lipinski definition) is 2. The monoisotopic (exact) mass is 313 g/mol. The molecule has 1 aliphatic rings. The number of carbonyl (C=O) groups is 1. The van der Waals surface area contributed by atoms with Gasteiger partial charge in [0.1, 0.15) is 0 Å². The molecule has 0 fully saturated rings. The fraction of sp³-hybridized carbons (Fsp3) is 0.294. The number of aromatic nitrogens is 1. The molecular formula is C17H19N3O3. The lowest BCUT2D eigenvalue weighted by Gasteiger charge is -2.10. The van der Waals surface area contributed by atoms with Crippen molar-refractivity contribution in [1.29, 1.82) is 0 Å². The molecule has 0 saturated carbocycles. The molecule has 0 saturated heterocycles. The van der Waals surface area contributed by atoms with E-state index in [-0.39, 0.29) is 18.7 Å². The van der Waals surface area contributed by atoms with Gasteiger partial charge in [0.15, 0.2) is 11.5 Å². The standard InChI is InChI=1S/C17H19N3O3/c1-11(2)20-17(21)13-6-14(9-18-8-13)19-7-12-3-4-15-16(5-12)23-10-22-15/h3-6,8-9,11,19H,7,10H2,1-2H3,(H,20,21). The summed E-state index contributed by atoms with van der Waals surface area (Å²) in [6, 6.07) is 7.69. The summed E-state index contributed by atoms with van der Waals surface area (Å²) >= 11 is 0. The minimum Gasteiger partial charge on any atom is -0.454 e. The van der Waals surface area contributed by atoms with Gasteiger partial charge in [-0.2, -0.15) is 0 Å². The van der Waals surface area contributed by atoms with Crippen LogP contribution in [-0.4, -0.2) is 23.7 Å². The van der Waals surface area contributed by atoms with Crippen LogP contribution in [0.15, 0.2) is 36.7 Å². The van der Waals surface area contributed by atoms with E-state index in [0.29, 0.717) is 12.1 Å². The van der Waals surface area contributed by atoms with Crippen molar-refractivity contribution < 1.29 is 14.3 Å². The van der Waals surface area contributed by atoms with Gasteiger partial charge >= 0.3 is 0 Å². The summed E-state index contributed by atoms with van der Waals surface area (Å²) in [5, 5.41) is 6.11. The van der Waals surface area contributed by atoms with Crippen LogP contribution in [0.1, 0.15) is 29.8 Å². The summed E-state index contributed by atoms with van der Waals surface area (Å²) in [7, 11) is 0. The third kappa shape index (κ3) is 3.71. The molecule has 1 aromatic carbocycles. The molecule has 0 radical (unpaired) electrons. The van der Waals surface area contributed by atoms with Crippen molar-refractivity contribution in [2.45, 2.75) is 26.4 Å². The van der Waals surface area contributed by atoms with E-state index in [1.165, 1.54) is 0 Å². The zero-order chi connectivity index (χ0) is 16.2. The largest absolute Gasteiger partial charge is 0.454 e. The Hall–Kier alpha value is -2.76. The highest BCUT2D eigenvalue weighted by Gasteiger charge is 2.13. The first-order valence-electron chi connectivity index (χ1n) is 7.50. The van der Waals surface area contributed by atoms with E-state index in [9.17, 15) is 4.79 Å². The van der Waals surface area contributed by atoms with Crippen molar-refractivity contribution in [1.82, 2.24) is 10.3 Å². The van der Waals surface area contributed by atoms with Crippen LogP contribution >= 0.6 is 0 Å². The van der Waals surface area contributed by atoms with Crippen LogP contribution < -0.4 is 20.1 Å². The maximum absolute atomic E-state index is 12.0. The van der Waals surface area contributed by atoms with Crippen molar-refractivity contribution in [2.75, 3.05) is 12.1 Å². The molecule has 23 heavy (non-hydrogen) atoms. The Balaban J connectivity index is 1.65. The number of ether oxygens (including phenoxy) is 2. The number of pyridine rings is 1. The Morgan fingerprint density at radius 2 is 2.04 bits per heavy atom. The van der Waals surface area contributed by atoms with E-state index in [4.69, 9.17) is 9.47 Å². The summed E-state index contributed by atoms with van der Waals surface area (Å²) in [6.45, 7) is 4.72. The molecular weight excluding hydrogens is 294 g/mol. The first-order valence-corrected chi connectivity index (χ1v) is 7.50. The molecule has 0 unspecified atom stereocenters. The number of anilines is 1. The highest BCUT2D eigenvalue weighted by Crippen LogP contribution is 2.32. The molecule has 0 aliphatic carbocycles. The van der Waals surface area contributed by atoms with Gasteiger partial charge in [-0.1, -0.05) is 6.07 Å².